The Morgan fingerprint density at radius 2 is 1.87 bits per heavy atom. The molecule has 0 aliphatic carbocycles. The van der Waals surface area contributed by atoms with Crippen molar-refractivity contribution < 1.29 is 14.3 Å². The molecule has 1 saturated heterocycles. The Hall–Kier alpha value is -1.75. The number of carbonyl (C=O) groups is 1. The normalized spacial score (nSPS) is 16.1. The van der Waals surface area contributed by atoms with Crippen LogP contribution in [-0.2, 0) is 4.79 Å². The average Bonchev–Trinajstić information content (AvgIpc) is 3.10. The van der Waals surface area contributed by atoms with Crippen LogP contribution in [0.15, 0.2) is 24.3 Å². The van der Waals surface area contributed by atoms with Crippen LogP contribution in [0.25, 0.3) is 0 Å². The van der Waals surface area contributed by atoms with Crippen molar-refractivity contribution in [1.29, 1.82) is 0 Å². The number of nitrogens with zero attached hydrogens (tertiary/aromatic N) is 1. The van der Waals surface area contributed by atoms with Crippen LogP contribution >= 0.6 is 0 Å². The van der Waals surface area contributed by atoms with E-state index in [1.54, 1.807) is 7.11 Å². The minimum atomic E-state index is -0.449. The van der Waals surface area contributed by atoms with Crippen molar-refractivity contribution in [2.75, 3.05) is 33.3 Å². The lowest BCUT2D eigenvalue weighted by atomic mass is 10.2. The maximum absolute atomic E-state index is 12.2. The maximum Gasteiger partial charge on any atom is 0.261 e. The molecule has 1 atom stereocenters. The lowest BCUT2D eigenvalue weighted by Gasteiger charge is -2.18. The first kappa shape index (κ1) is 17.6. The third-order valence-corrected chi connectivity index (χ3v) is 4.15. The van der Waals surface area contributed by atoms with Gasteiger partial charge in [0.15, 0.2) is 6.10 Å². The Bertz CT molecular complexity index is 470. The molecule has 1 aliphatic rings. The van der Waals surface area contributed by atoms with Crippen LogP contribution in [-0.4, -0.2) is 50.2 Å². The predicted molar refractivity (Wildman–Crippen MR) is 91.0 cm³/mol. The first-order valence-electron chi connectivity index (χ1n) is 8.53. The lowest BCUT2D eigenvalue weighted by molar-refractivity contribution is -0.128. The van der Waals surface area contributed by atoms with Gasteiger partial charge in [-0.2, -0.15) is 0 Å². The highest BCUT2D eigenvalue weighted by molar-refractivity contribution is 5.81. The quantitative estimate of drug-likeness (QED) is 0.710. The van der Waals surface area contributed by atoms with E-state index in [0.717, 1.165) is 18.7 Å². The standard InChI is InChI=1S/C18H28N2O3/c1-3-17(23-16-9-7-15(22-2)8-10-16)18(21)19-11-6-14-20-12-4-5-13-20/h7-10,17H,3-6,11-14H2,1-2H3,(H,19,21)/t17-/m1/s1. The zero-order valence-electron chi connectivity index (χ0n) is 14.2. The summed E-state index contributed by atoms with van der Waals surface area (Å²) < 4.78 is 10.9. The molecule has 0 spiro atoms. The lowest BCUT2D eigenvalue weighted by Crippen LogP contribution is -2.39. The molecule has 23 heavy (non-hydrogen) atoms. The van der Waals surface area contributed by atoms with Gasteiger partial charge in [-0.3, -0.25) is 4.79 Å². The summed E-state index contributed by atoms with van der Waals surface area (Å²) in [5, 5.41) is 2.99. The van der Waals surface area contributed by atoms with Gasteiger partial charge in [0.25, 0.3) is 5.91 Å². The van der Waals surface area contributed by atoms with Crippen molar-refractivity contribution in [1.82, 2.24) is 10.2 Å². The topological polar surface area (TPSA) is 50.8 Å². The molecule has 5 heteroatoms. The molecule has 1 fully saturated rings. The minimum Gasteiger partial charge on any atom is -0.497 e. The van der Waals surface area contributed by atoms with E-state index in [2.05, 4.69) is 10.2 Å². The van der Waals surface area contributed by atoms with Crippen molar-refractivity contribution in [3.63, 3.8) is 0 Å². The molecule has 0 saturated carbocycles. The summed E-state index contributed by atoms with van der Waals surface area (Å²) in [5.74, 6) is 1.42. The van der Waals surface area contributed by atoms with Gasteiger partial charge < -0.3 is 19.7 Å². The second kappa shape index (κ2) is 9.40. The molecular weight excluding hydrogens is 292 g/mol. The van der Waals surface area contributed by atoms with Crippen LogP contribution in [0.4, 0.5) is 0 Å². The fourth-order valence-electron chi connectivity index (χ4n) is 2.78. The molecule has 0 unspecified atom stereocenters. The summed E-state index contributed by atoms with van der Waals surface area (Å²) in [6, 6.07) is 7.30. The van der Waals surface area contributed by atoms with Gasteiger partial charge in [0.05, 0.1) is 7.11 Å². The number of ether oxygens (including phenoxy) is 2. The molecule has 1 aromatic carbocycles. The van der Waals surface area contributed by atoms with Gasteiger partial charge >= 0.3 is 0 Å². The molecule has 2 rings (SSSR count). The van der Waals surface area contributed by atoms with Crippen LogP contribution in [0, 0.1) is 0 Å². The molecule has 1 N–H and O–H groups in total. The highest BCUT2D eigenvalue weighted by atomic mass is 16.5. The highest BCUT2D eigenvalue weighted by Crippen LogP contribution is 2.19. The zero-order chi connectivity index (χ0) is 16.5. The van der Waals surface area contributed by atoms with Crippen molar-refractivity contribution in [3.8, 4) is 11.5 Å². The first-order chi connectivity index (χ1) is 11.2. The number of nitrogens with one attached hydrogen (secondary N) is 1. The van der Waals surface area contributed by atoms with Gasteiger partial charge in [0.1, 0.15) is 11.5 Å². The summed E-state index contributed by atoms with van der Waals surface area (Å²) >= 11 is 0. The molecule has 0 bridgehead atoms. The van der Waals surface area contributed by atoms with Crippen LogP contribution in [0.2, 0.25) is 0 Å². The summed E-state index contributed by atoms with van der Waals surface area (Å²) in [6.45, 7) is 6.13. The molecule has 1 amide bonds. The third-order valence-electron chi connectivity index (χ3n) is 4.15. The van der Waals surface area contributed by atoms with Gasteiger partial charge in [-0.25, -0.2) is 0 Å². The van der Waals surface area contributed by atoms with Crippen LogP contribution in [0.3, 0.4) is 0 Å². The van der Waals surface area contributed by atoms with Gasteiger partial charge in [0.2, 0.25) is 0 Å². The van der Waals surface area contributed by atoms with Gasteiger partial charge in [-0.15, -0.1) is 0 Å². The molecule has 1 aliphatic heterocycles. The van der Waals surface area contributed by atoms with E-state index in [9.17, 15) is 4.79 Å². The summed E-state index contributed by atoms with van der Waals surface area (Å²) in [7, 11) is 1.63. The first-order valence-corrected chi connectivity index (χ1v) is 8.53. The number of amides is 1. The molecule has 0 radical (unpaired) electrons. The fourth-order valence-corrected chi connectivity index (χ4v) is 2.78. The van der Waals surface area contributed by atoms with E-state index >= 15 is 0 Å². The molecular formula is C18H28N2O3. The molecule has 128 valence electrons. The summed E-state index contributed by atoms with van der Waals surface area (Å²) in [6.07, 6.45) is 3.80. The Morgan fingerprint density at radius 1 is 1.22 bits per heavy atom. The number of hydrogen-bond donors (Lipinski definition) is 1. The number of rotatable bonds is 9. The summed E-state index contributed by atoms with van der Waals surface area (Å²) in [4.78, 5) is 14.7. The number of hydrogen-bond acceptors (Lipinski definition) is 4. The average molecular weight is 320 g/mol. The van der Waals surface area contributed by atoms with Crippen LogP contribution in [0.5, 0.6) is 11.5 Å². The molecule has 1 heterocycles. The Balaban J connectivity index is 1.71. The van der Waals surface area contributed by atoms with Gasteiger partial charge in [-0.1, -0.05) is 6.92 Å². The van der Waals surface area contributed by atoms with Crippen molar-refractivity contribution >= 4 is 5.91 Å². The number of methoxy groups -OCH3 is 1. The van der Waals surface area contributed by atoms with Crippen LogP contribution < -0.4 is 14.8 Å². The molecule has 0 aromatic heterocycles. The van der Waals surface area contributed by atoms with Crippen molar-refractivity contribution in [2.24, 2.45) is 0 Å². The monoisotopic (exact) mass is 320 g/mol. The van der Waals surface area contributed by atoms with E-state index in [4.69, 9.17) is 9.47 Å². The zero-order valence-corrected chi connectivity index (χ0v) is 14.2. The molecule has 1 aromatic rings. The minimum absolute atomic E-state index is 0.0373. The van der Waals surface area contributed by atoms with E-state index in [1.807, 2.05) is 31.2 Å². The third kappa shape index (κ3) is 5.75. The summed E-state index contributed by atoms with van der Waals surface area (Å²) in [5.41, 5.74) is 0. The van der Waals surface area contributed by atoms with Crippen LogP contribution in [0.1, 0.15) is 32.6 Å². The second-order valence-electron chi connectivity index (χ2n) is 5.88. The Kier molecular flexibility index (Phi) is 7.20. The van der Waals surface area contributed by atoms with Crippen molar-refractivity contribution in [2.45, 2.75) is 38.7 Å². The number of likely N-dealkylation sites (tertiary alicyclic amines) is 1. The van der Waals surface area contributed by atoms with Crippen molar-refractivity contribution in [3.05, 3.63) is 24.3 Å². The predicted octanol–water partition coefficient (Wildman–Crippen LogP) is 2.45. The molecule has 5 nitrogen and oxygen atoms in total. The van der Waals surface area contributed by atoms with E-state index < -0.39 is 6.10 Å². The van der Waals surface area contributed by atoms with Gasteiger partial charge in [-0.05, 0) is 69.6 Å². The Labute approximate surface area is 139 Å². The maximum atomic E-state index is 12.2. The smallest absolute Gasteiger partial charge is 0.261 e. The largest absolute Gasteiger partial charge is 0.497 e. The van der Waals surface area contributed by atoms with E-state index in [-0.39, 0.29) is 5.91 Å². The van der Waals surface area contributed by atoms with Gasteiger partial charge in [0, 0.05) is 6.54 Å². The Morgan fingerprint density at radius 3 is 2.48 bits per heavy atom. The highest BCUT2D eigenvalue weighted by Gasteiger charge is 2.18. The SMILES string of the molecule is CC[C@@H](Oc1ccc(OC)cc1)C(=O)NCCCN1CCCC1. The number of carbonyl (C=O) groups excluding carboxylic acids is 1. The van der Waals surface area contributed by atoms with E-state index in [1.165, 1.54) is 25.9 Å². The van der Waals surface area contributed by atoms with E-state index in [0.29, 0.717) is 18.7 Å². The number of benzene rings is 1. The second-order valence-corrected chi connectivity index (χ2v) is 5.88. The fraction of sp³-hybridized carbons (Fsp3) is 0.611.